The Hall–Kier alpha value is -1.59. The standard InChI is InChI=1S/C18H26N2O3/c1-19-12-15(22-2)9-8-14(19)10-13-11-20(18(21)23-3)17-7-5-4-6-16(13)17/h4-7,13-15H,8-12H2,1-3H3. The number of hydrogen-bond acceptors (Lipinski definition) is 4. The lowest BCUT2D eigenvalue weighted by molar-refractivity contribution is 0.0138. The average Bonchev–Trinajstić information content (AvgIpc) is 2.95. The number of anilines is 1. The first-order chi connectivity index (χ1) is 11.1. The van der Waals surface area contributed by atoms with Crippen LogP contribution in [0.5, 0.6) is 0 Å². The van der Waals surface area contributed by atoms with Crippen molar-refractivity contribution in [3.63, 3.8) is 0 Å². The summed E-state index contributed by atoms with van der Waals surface area (Å²) >= 11 is 0. The highest BCUT2D eigenvalue weighted by molar-refractivity contribution is 5.90. The van der Waals surface area contributed by atoms with Crippen LogP contribution >= 0.6 is 0 Å². The van der Waals surface area contributed by atoms with Crippen LogP contribution in [0.15, 0.2) is 24.3 Å². The summed E-state index contributed by atoms with van der Waals surface area (Å²) in [5, 5.41) is 0. The van der Waals surface area contributed by atoms with E-state index < -0.39 is 0 Å². The lowest BCUT2D eigenvalue weighted by atomic mass is 9.88. The minimum Gasteiger partial charge on any atom is -0.452 e. The largest absolute Gasteiger partial charge is 0.452 e. The average molecular weight is 318 g/mol. The smallest absolute Gasteiger partial charge is 0.414 e. The van der Waals surface area contributed by atoms with E-state index in [2.05, 4.69) is 24.1 Å². The van der Waals surface area contributed by atoms with E-state index in [1.54, 1.807) is 12.0 Å². The molecule has 2 heterocycles. The summed E-state index contributed by atoms with van der Waals surface area (Å²) in [6, 6.07) is 8.73. The number of fused-ring (bicyclic) bond motifs is 1. The van der Waals surface area contributed by atoms with E-state index in [1.165, 1.54) is 12.7 Å². The zero-order chi connectivity index (χ0) is 16.4. The second-order valence-corrected chi connectivity index (χ2v) is 6.60. The van der Waals surface area contributed by atoms with Gasteiger partial charge >= 0.3 is 6.09 Å². The van der Waals surface area contributed by atoms with E-state index in [1.807, 2.05) is 12.1 Å². The van der Waals surface area contributed by atoms with Gasteiger partial charge in [0, 0.05) is 32.2 Å². The molecule has 1 amide bonds. The summed E-state index contributed by atoms with van der Waals surface area (Å²) in [6.07, 6.45) is 3.40. The van der Waals surface area contributed by atoms with Crippen molar-refractivity contribution >= 4 is 11.8 Å². The van der Waals surface area contributed by atoms with Crippen LogP contribution in [-0.4, -0.2) is 57.5 Å². The van der Waals surface area contributed by atoms with E-state index in [-0.39, 0.29) is 6.09 Å². The van der Waals surface area contributed by atoms with Crippen molar-refractivity contribution < 1.29 is 14.3 Å². The van der Waals surface area contributed by atoms with E-state index in [0.29, 0.717) is 24.6 Å². The molecule has 5 nitrogen and oxygen atoms in total. The van der Waals surface area contributed by atoms with Crippen LogP contribution < -0.4 is 4.90 Å². The first kappa shape index (κ1) is 16.3. The van der Waals surface area contributed by atoms with Gasteiger partial charge in [0.2, 0.25) is 0 Å². The number of para-hydroxylation sites is 1. The first-order valence-electron chi connectivity index (χ1n) is 8.31. The second-order valence-electron chi connectivity index (χ2n) is 6.60. The Morgan fingerprint density at radius 2 is 2.00 bits per heavy atom. The van der Waals surface area contributed by atoms with Gasteiger partial charge in [0.1, 0.15) is 0 Å². The quantitative estimate of drug-likeness (QED) is 0.859. The second kappa shape index (κ2) is 6.89. The van der Waals surface area contributed by atoms with Gasteiger partial charge in [0.05, 0.1) is 18.9 Å². The summed E-state index contributed by atoms with van der Waals surface area (Å²) in [6.45, 7) is 1.69. The fourth-order valence-corrected chi connectivity index (χ4v) is 3.96. The first-order valence-corrected chi connectivity index (χ1v) is 8.31. The normalized spacial score (nSPS) is 27.8. The van der Waals surface area contributed by atoms with Gasteiger partial charge in [-0.2, -0.15) is 0 Å². The molecule has 3 rings (SSSR count). The summed E-state index contributed by atoms with van der Waals surface area (Å²) in [7, 11) is 5.41. The van der Waals surface area contributed by atoms with E-state index in [0.717, 1.165) is 31.5 Å². The number of carbonyl (C=O) groups is 1. The zero-order valence-corrected chi connectivity index (χ0v) is 14.2. The highest BCUT2D eigenvalue weighted by Crippen LogP contribution is 2.40. The van der Waals surface area contributed by atoms with Crippen LogP contribution in [0, 0.1) is 0 Å². The molecule has 1 aromatic rings. The van der Waals surface area contributed by atoms with Crippen LogP contribution in [0.4, 0.5) is 10.5 Å². The van der Waals surface area contributed by atoms with E-state index in [4.69, 9.17) is 9.47 Å². The summed E-state index contributed by atoms with van der Waals surface area (Å²) < 4.78 is 10.4. The highest BCUT2D eigenvalue weighted by atomic mass is 16.5. The predicted molar refractivity (Wildman–Crippen MR) is 90.0 cm³/mol. The molecule has 0 bridgehead atoms. The molecular weight excluding hydrogens is 292 g/mol. The number of nitrogens with zero attached hydrogens (tertiary/aromatic N) is 2. The molecule has 0 radical (unpaired) electrons. The molecule has 1 aromatic carbocycles. The summed E-state index contributed by atoms with van der Waals surface area (Å²) in [4.78, 5) is 16.2. The van der Waals surface area contributed by atoms with Crippen LogP contribution in [0.1, 0.15) is 30.7 Å². The Balaban J connectivity index is 1.73. The van der Waals surface area contributed by atoms with Crippen molar-refractivity contribution in [2.45, 2.75) is 37.3 Å². The minimum absolute atomic E-state index is 0.267. The molecule has 1 fully saturated rings. The van der Waals surface area contributed by atoms with Gasteiger partial charge < -0.3 is 14.4 Å². The molecule has 3 unspecified atom stereocenters. The van der Waals surface area contributed by atoms with E-state index in [9.17, 15) is 4.79 Å². The summed E-state index contributed by atoms with van der Waals surface area (Å²) in [5.74, 6) is 0.372. The van der Waals surface area contributed by atoms with Gasteiger partial charge in [-0.25, -0.2) is 4.79 Å². The lowest BCUT2D eigenvalue weighted by Gasteiger charge is -2.37. The maximum absolute atomic E-state index is 12.0. The number of carbonyl (C=O) groups excluding carboxylic acids is 1. The Morgan fingerprint density at radius 3 is 2.70 bits per heavy atom. The van der Waals surface area contributed by atoms with Crippen molar-refractivity contribution in [2.24, 2.45) is 0 Å². The molecule has 0 aromatic heterocycles. The zero-order valence-electron chi connectivity index (χ0n) is 14.2. The van der Waals surface area contributed by atoms with Crippen LogP contribution in [0.2, 0.25) is 0 Å². The molecule has 23 heavy (non-hydrogen) atoms. The fraction of sp³-hybridized carbons (Fsp3) is 0.611. The number of likely N-dealkylation sites (tertiary alicyclic amines) is 1. The fourth-order valence-electron chi connectivity index (χ4n) is 3.96. The molecule has 2 aliphatic heterocycles. The molecule has 0 aliphatic carbocycles. The molecule has 2 aliphatic rings. The van der Waals surface area contributed by atoms with Gasteiger partial charge in [-0.3, -0.25) is 4.90 Å². The topological polar surface area (TPSA) is 42.0 Å². The molecule has 3 atom stereocenters. The Morgan fingerprint density at radius 1 is 1.22 bits per heavy atom. The Labute approximate surface area is 138 Å². The maximum atomic E-state index is 12.0. The van der Waals surface area contributed by atoms with Gasteiger partial charge in [-0.1, -0.05) is 18.2 Å². The third-order valence-electron chi connectivity index (χ3n) is 5.29. The van der Waals surface area contributed by atoms with Gasteiger partial charge in [0.15, 0.2) is 0 Å². The van der Waals surface area contributed by atoms with Gasteiger partial charge in [-0.15, -0.1) is 0 Å². The monoisotopic (exact) mass is 318 g/mol. The third-order valence-corrected chi connectivity index (χ3v) is 5.29. The van der Waals surface area contributed by atoms with Gasteiger partial charge in [0.25, 0.3) is 0 Å². The number of hydrogen-bond donors (Lipinski definition) is 0. The lowest BCUT2D eigenvalue weighted by Crippen LogP contribution is -2.44. The SMILES string of the molecule is COC(=O)N1CC(CC2CCC(OC)CN2C)c2ccccc21. The molecule has 0 N–H and O–H groups in total. The Bertz CT molecular complexity index is 563. The third kappa shape index (κ3) is 3.21. The minimum atomic E-state index is -0.267. The number of benzene rings is 1. The van der Waals surface area contributed by atoms with Crippen molar-refractivity contribution in [2.75, 3.05) is 39.3 Å². The number of ether oxygens (including phenoxy) is 2. The molecule has 1 saturated heterocycles. The molecule has 0 spiro atoms. The number of piperidine rings is 1. The molecule has 0 saturated carbocycles. The molecular formula is C18H26N2O3. The van der Waals surface area contributed by atoms with Crippen molar-refractivity contribution in [1.82, 2.24) is 4.90 Å². The summed E-state index contributed by atoms with van der Waals surface area (Å²) in [5.41, 5.74) is 2.26. The molecule has 5 heteroatoms. The predicted octanol–water partition coefficient (Wildman–Crippen LogP) is 2.86. The highest BCUT2D eigenvalue weighted by Gasteiger charge is 2.36. The maximum Gasteiger partial charge on any atom is 0.414 e. The van der Waals surface area contributed by atoms with Crippen LogP contribution in [-0.2, 0) is 9.47 Å². The molecule has 126 valence electrons. The van der Waals surface area contributed by atoms with Crippen molar-refractivity contribution in [1.29, 1.82) is 0 Å². The number of methoxy groups -OCH3 is 2. The van der Waals surface area contributed by atoms with Crippen molar-refractivity contribution in [3.05, 3.63) is 29.8 Å². The van der Waals surface area contributed by atoms with Crippen LogP contribution in [0.3, 0.4) is 0 Å². The van der Waals surface area contributed by atoms with E-state index >= 15 is 0 Å². The number of amides is 1. The van der Waals surface area contributed by atoms with Crippen LogP contribution in [0.25, 0.3) is 0 Å². The number of rotatable bonds is 3. The van der Waals surface area contributed by atoms with Gasteiger partial charge in [-0.05, 0) is 37.9 Å². The number of likely N-dealkylation sites (N-methyl/N-ethyl adjacent to an activating group) is 1. The van der Waals surface area contributed by atoms with Crippen molar-refractivity contribution in [3.8, 4) is 0 Å². The Kier molecular flexibility index (Phi) is 4.87.